The summed E-state index contributed by atoms with van der Waals surface area (Å²) in [4.78, 5) is 0. The first kappa shape index (κ1) is 18.0. The zero-order chi connectivity index (χ0) is 18.0. The first-order valence-corrected chi connectivity index (χ1v) is 9.12. The lowest BCUT2D eigenvalue weighted by Crippen LogP contribution is -1.95. The second-order valence-electron chi connectivity index (χ2n) is 5.86. The van der Waals surface area contributed by atoms with Crippen molar-refractivity contribution >= 4 is 22.6 Å². The average Bonchev–Trinajstić information content (AvgIpc) is 2.61. The Morgan fingerprint density at radius 2 is 1.40 bits per heavy atom. The van der Waals surface area contributed by atoms with Crippen LogP contribution in [0.1, 0.15) is 18.9 Å². The summed E-state index contributed by atoms with van der Waals surface area (Å²) in [5, 5.41) is 0. The molecule has 0 aromatic heterocycles. The van der Waals surface area contributed by atoms with Crippen LogP contribution in [0.5, 0.6) is 0 Å². The van der Waals surface area contributed by atoms with E-state index in [1.54, 1.807) is 28.7 Å². The van der Waals surface area contributed by atoms with Gasteiger partial charge in [0.05, 0.1) is 3.57 Å². The largest absolute Gasteiger partial charge is 0.206 e. The predicted molar refractivity (Wildman–Crippen MR) is 104 cm³/mol. The van der Waals surface area contributed by atoms with Gasteiger partial charge in [-0.1, -0.05) is 55.8 Å². The molecule has 0 N–H and O–H groups in total. The second-order valence-corrected chi connectivity index (χ2v) is 7.03. The van der Waals surface area contributed by atoms with E-state index in [0.717, 1.165) is 18.4 Å². The molecular formula is C21H16F3I. The van der Waals surface area contributed by atoms with Gasteiger partial charge in [-0.25, -0.2) is 13.2 Å². The zero-order valence-corrected chi connectivity index (χ0v) is 15.8. The standard InChI is InChI=1S/C21H16F3I/c1-2-3-13-4-6-14(7-5-13)15-8-9-16(18(22)12-15)17-10-11-19(25)21(24)20(17)23/h4-12H,2-3H2,1H3. The van der Waals surface area contributed by atoms with Crippen molar-refractivity contribution < 1.29 is 13.2 Å². The van der Waals surface area contributed by atoms with E-state index in [0.29, 0.717) is 5.56 Å². The van der Waals surface area contributed by atoms with Gasteiger partial charge < -0.3 is 0 Å². The molecule has 0 unspecified atom stereocenters. The third-order valence-electron chi connectivity index (χ3n) is 4.12. The van der Waals surface area contributed by atoms with Crippen molar-refractivity contribution in [2.45, 2.75) is 19.8 Å². The Labute approximate surface area is 158 Å². The SMILES string of the molecule is CCCc1ccc(-c2ccc(-c3ccc(I)c(F)c3F)c(F)c2)cc1. The van der Waals surface area contributed by atoms with E-state index in [1.807, 2.05) is 24.3 Å². The first-order chi connectivity index (χ1) is 12.0. The topological polar surface area (TPSA) is 0 Å². The number of halogens is 4. The summed E-state index contributed by atoms with van der Waals surface area (Å²) in [6, 6.07) is 15.4. The molecule has 0 nitrogen and oxygen atoms in total. The molecule has 0 spiro atoms. The fourth-order valence-corrected chi connectivity index (χ4v) is 3.22. The summed E-state index contributed by atoms with van der Waals surface area (Å²) in [5.41, 5.74) is 2.81. The normalized spacial score (nSPS) is 10.9. The third kappa shape index (κ3) is 3.73. The molecule has 0 amide bonds. The number of hydrogen-bond acceptors (Lipinski definition) is 0. The maximum absolute atomic E-state index is 14.5. The van der Waals surface area contributed by atoms with E-state index in [-0.39, 0.29) is 14.7 Å². The summed E-state index contributed by atoms with van der Waals surface area (Å²) in [6.07, 6.45) is 2.08. The molecule has 0 heterocycles. The van der Waals surface area contributed by atoms with Gasteiger partial charge in [-0.3, -0.25) is 0 Å². The molecule has 0 atom stereocenters. The van der Waals surface area contributed by atoms with Gasteiger partial charge >= 0.3 is 0 Å². The molecule has 3 aromatic rings. The molecule has 3 aromatic carbocycles. The number of aryl methyl sites for hydroxylation is 1. The number of hydrogen-bond donors (Lipinski definition) is 0. The highest BCUT2D eigenvalue weighted by Crippen LogP contribution is 2.31. The van der Waals surface area contributed by atoms with Crippen LogP contribution in [0.2, 0.25) is 0 Å². The van der Waals surface area contributed by atoms with Crippen LogP contribution in [-0.2, 0) is 6.42 Å². The summed E-state index contributed by atoms with van der Waals surface area (Å²) in [6.45, 7) is 2.12. The van der Waals surface area contributed by atoms with Crippen molar-refractivity contribution in [2.75, 3.05) is 0 Å². The van der Waals surface area contributed by atoms with Crippen molar-refractivity contribution in [1.29, 1.82) is 0 Å². The number of rotatable bonds is 4. The van der Waals surface area contributed by atoms with Gasteiger partial charge in [0.1, 0.15) is 5.82 Å². The fourth-order valence-electron chi connectivity index (χ4n) is 2.80. The van der Waals surface area contributed by atoms with Gasteiger partial charge in [0.15, 0.2) is 11.6 Å². The van der Waals surface area contributed by atoms with Gasteiger partial charge in [0.2, 0.25) is 0 Å². The van der Waals surface area contributed by atoms with E-state index in [1.165, 1.54) is 29.8 Å². The average molecular weight is 452 g/mol. The molecular weight excluding hydrogens is 436 g/mol. The van der Waals surface area contributed by atoms with Crippen molar-refractivity contribution in [3.8, 4) is 22.3 Å². The first-order valence-electron chi connectivity index (χ1n) is 8.04. The minimum absolute atomic E-state index is 0.0548. The Bertz CT molecular complexity index is 902. The zero-order valence-electron chi connectivity index (χ0n) is 13.6. The van der Waals surface area contributed by atoms with Crippen LogP contribution in [-0.4, -0.2) is 0 Å². The van der Waals surface area contributed by atoms with Crippen LogP contribution >= 0.6 is 22.6 Å². The second kappa shape index (κ2) is 7.60. The van der Waals surface area contributed by atoms with E-state index in [4.69, 9.17) is 0 Å². The fraction of sp³-hybridized carbons (Fsp3) is 0.143. The Balaban J connectivity index is 1.97. The van der Waals surface area contributed by atoms with E-state index >= 15 is 0 Å². The molecule has 0 saturated heterocycles. The Kier molecular flexibility index (Phi) is 5.47. The smallest absolute Gasteiger partial charge is 0.172 e. The summed E-state index contributed by atoms with van der Waals surface area (Å²) in [7, 11) is 0. The van der Waals surface area contributed by atoms with Crippen LogP contribution in [0.4, 0.5) is 13.2 Å². The molecule has 25 heavy (non-hydrogen) atoms. The van der Waals surface area contributed by atoms with E-state index in [9.17, 15) is 13.2 Å². The van der Waals surface area contributed by atoms with Gasteiger partial charge in [-0.15, -0.1) is 0 Å². The van der Waals surface area contributed by atoms with Crippen LogP contribution in [0.3, 0.4) is 0 Å². The Morgan fingerprint density at radius 3 is 2.04 bits per heavy atom. The molecule has 0 aliphatic heterocycles. The lowest BCUT2D eigenvalue weighted by atomic mass is 9.98. The van der Waals surface area contributed by atoms with E-state index in [2.05, 4.69) is 6.92 Å². The number of benzene rings is 3. The van der Waals surface area contributed by atoms with Gasteiger partial charge in [-0.2, -0.15) is 0 Å². The van der Waals surface area contributed by atoms with Gasteiger partial charge in [0, 0.05) is 11.1 Å². The maximum atomic E-state index is 14.5. The molecule has 0 aliphatic rings. The van der Waals surface area contributed by atoms with Crippen LogP contribution in [0.15, 0.2) is 54.6 Å². The molecule has 0 aliphatic carbocycles. The summed E-state index contributed by atoms with van der Waals surface area (Å²) in [5.74, 6) is -2.55. The van der Waals surface area contributed by atoms with Crippen LogP contribution in [0.25, 0.3) is 22.3 Å². The molecule has 0 saturated carbocycles. The van der Waals surface area contributed by atoms with Crippen LogP contribution in [0, 0.1) is 21.0 Å². The molecule has 0 bridgehead atoms. The monoisotopic (exact) mass is 452 g/mol. The van der Waals surface area contributed by atoms with Gasteiger partial charge in [-0.05, 0) is 57.8 Å². The lowest BCUT2D eigenvalue weighted by molar-refractivity contribution is 0.505. The summed E-state index contributed by atoms with van der Waals surface area (Å²) < 4.78 is 42.6. The predicted octanol–water partition coefficient (Wildman–Crippen LogP) is 7.00. The Hall–Kier alpha value is -1.82. The molecule has 128 valence electrons. The third-order valence-corrected chi connectivity index (χ3v) is 4.95. The highest BCUT2D eigenvalue weighted by Gasteiger charge is 2.16. The minimum Gasteiger partial charge on any atom is -0.206 e. The lowest BCUT2D eigenvalue weighted by Gasteiger charge is -2.09. The highest BCUT2D eigenvalue weighted by atomic mass is 127. The highest BCUT2D eigenvalue weighted by molar-refractivity contribution is 14.1. The van der Waals surface area contributed by atoms with Crippen molar-refractivity contribution in [3.63, 3.8) is 0 Å². The Morgan fingerprint density at radius 1 is 0.760 bits per heavy atom. The quantitative estimate of drug-likeness (QED) is 0.296. The van der Waals surface area contributed by atoms with E-state index < -0.39 is 17.5 Å². The van der Waals surface area contributed by atoms with Gasteiger partial charge in [0.25, 0.3) is 0 Å². The van der Waals surface area contributed by atoms with Crippen molar-refractivity contribution in [3.05, 3.63) is 81.2 Å². The minimum atomic E-state index is -1.03. The molecule has 0 radical (unpaired) electrons. The molecule has 0 fully saturated rings. The summed E-state index contributed by atoms with van der Waals surface area (Å²) >= 11 is 1.71. The maximum Gasteiger partial charge on any atom is 0.172 e. The van der Waals surface area contributed by atoms with Crippen molar-refractivity contribution in [2.24, 2.45) is 0 Å². The molecule has 4 heteroatoms. The molecule has 3 rings (SSSR count). The van der Waals surface area contributed by atoms with Crippen molar-refractivity contribution in [1.82, 2.24) is 0 Å². The van der Waals surface area contributed by atoms with Crippen LogP contribution < -0.4 is 0 Å².